The van der Waals surface area contributed by atoms with E-state index in [9.17, 15) is 4.79 Å². The second kappa shape index (κ2) is 10.0. The van der Waals surface area contributed by atoms with Crippen molar-refractivity contribution in [2.45, 2.75) is 24.4 Å². The normalized spacial score (nSPS) is 18.1. The monoisotopic (exact) mass is 294 g/mol. The summed E-state index contributed by atoms with van der Waals surface area (Å²) in [7, 11) is 0. The van der Waals surface area contributed by atoms with Crippen LogP contribution in [0.3, 0.4) is 0 Å². The van der Waals surface area contributed by atoms with Crippen LogP contribution in [0.15, 0.2) is 0 Å². The number of aldehydes is 1. The van der Waals surface area contributed by atoms with Gasteiger partial charge in [-0.1, -0.05) is 0 Å². The molecule has 0 aliphatic carbocycles. The Morgan fingerprint density at radius 3 is 1.79 bits per heavy atom. The molecule has 0 spiro atoms. The molecule has 0 heterocycles. The fraction of sp³-hybridized carbons (Fsp3) is 0.833. The summed E-state index contributed by atoms with van der Waals surface area (Å²) in [5.74, 6) is 0. The Bertz CT molecular complexity index is 148. The zero-order valence-corrected chi connectivity index (χ0v) is 9.17. The van der Waals surface area contributed by atoms with Crippen LogP contribution in [0.25, 0.3) is 0 Å². The molecule has 0 aromatic rings. The maximum absolute atomic E-state index is 9.90. The number of aliphatic hydroxyl groups is 5. The zero-order valence-electron chi connectivity index (χ0n) is 6.95. The van der Waals surface area contributed by atoms with Crippen molar-refractivity contribution < 1.29 is 64.2 Å². The number of rotatable bonds is 5. The topological polar surface area (TPSA) is 118 Å². The third kappa shape index (κ3) is 6.07. The number of carbonyl (C=O) groups is 1. The van der Waals surface area contributed by atoms with Crippen LogP contribution in [0, 0.1) is 0 Å². The van der Waals surface area contributed by atoms with Gasteiger partial charge in [0.2, 0.25) is 0 Å². The molecule has 0 aliphatic heterocycles. The van der Waals surface area contributed by atoms with Crippen molar-refractivity contribution in [2.24, 2.45) is 0 Å². The van der Waals surface area contributed by atoms with Gasteiger partial charge in [0.05, 0.1) is 6.61 Å². The van der Waals surface area contributed by atoms with Crippen molar-refractivity contribution >= 4 is 6.29 Å². The van der Waals surface area contributed by atoms with Crippen LogP contribution in [-0.2, 0) is 38.6 Å². The van der Waals surface area contributed by atoms with E-state index in [0.29, 0.717) is 0 Å². The van der Waals surface area contributed by atoms with E-state index in [-0.39, 0.29) is 40.1 Å². The van der Waals surface area contributed by atoms with Gasteiger partial charge in [-0.25, -0.2) is 0 Å². The summed E-state index contributed by atoms with van der Waals surface area (Å²) in [6, 6.07) is 0. The van der Waals surface area contributed by atoms with E-state index in [4.69, 9.17) is 25.5 Å². The van der Waals surface area contributed by atoms with Crippen LogP contribution in [0.1, 0.15) is 0 Å². The Morgan fingerprint density at radius 2 is 1.50 bits per heavy atom. The van der Waals surface area contributed by atoms with Gasteiger partial charge in [-0.3, -0.25) is 0 Å². The van der Waals surface area contributed by atoms with Gasteiger partial charge < -0.3 is 30.3 Å². The molecule has 0 saturated heterocycles. The predicted molar refractivity (Wildman–Crippen MR) is 37.2 cm³/mol. The van der Waals surface area contributed by atoms with Gasteiger partial charge in [0.25, 0.3) is 0 Å². The standard InChI is InChI=1S/C6H12O6.Co.Mn/c7-1-3(9)5(11)6(12)4(10)2-8;;/h1,3-6,8-12H,2H2;;. The Morgan fingerprint density at radius 1 is 1.07 bits per heavy atom. The first-order chi connectivity index (χ1) is 5.54. The molecule has 4 atom stereocenters. The van der Waals surface area contributed by atoms with E-state index in [1.54, 1.807) is 0 Å². The van der Waals surface area contributed by atoms with Crippen molar-refractivity contribution in [1.29, 1.82) is 0 Å². The number of carbonyl (C=O) groups excluding carboxylic acids is 1. The Labute approximate surface area is 102 Å². The summed E-state index contributed by atoms with van der Waals surface area (Å²) in [5, 5.41) is 43.5. The molecule has 0 aliphatic rings. The van der Waals surface area contributed by atoms with Crippen molar-refractivity contribution in [1.82, 2.24) is 0 Å². The first-order valence-electron chi connectivity index (χ1n) is 3.33. The Balaban J connectivity index is -0.000000605. The third-order valence-electron chi connectivity index (χ3n) is 1.42. The van der Waals surface area contributed by atoms with Crippen LogP contribution >= 0.6 is 0 Å². The minimum absolute atomic E-state index is 0. The molecule has 0 aromatic heterocycles. The average Bonchev–Trinajstić information content (AvgIpc) is 2.12. The number of aliphatic hydroxyl groups excluding tert-OH is 5. The van der Waals surface area contributed by atoms with E-state index in [1.165, 1.54) is 0 Å². The maximum atomic E-state index is 9.90. The van der Waals surface area contributed by atoms with Crippen molar-refractivity contribution in [3.63, 3.8) is 0 Å². The number of hydrogen-bond donors (Lipinski definition) is 5. The number of hydrogen-bond acceptors (Lipinski definition) is 6. The first kappa shape index (κ1) is 20.0. The molecule has 88 valence electrons. The van der Waals surface area contributed by atoms with Crippen molar-refractivity contribution in [2.75, 3.05) is 6.61 Å². The summed E-state index contributed by atoms with van der Waals surface area (Å²) >= 11 is 0. The molecular formula is C6H12CoMnO6. The van der Waals surface area contributed by atoms with E-state index >= 15 is 0 Å². The van der Waals surface area contributed by atoms with Crippen molar-refractivity contribution in [3.8, 4) is 0 Å². The summed E-state index contributed by atoms with van der Waals surface area (Å²) in [5.41, 5.74) is 0. The van der Waals surface area contributed by atoms with Gasteiger partial charge in [-0.05, 0) is 0 Å². The minimum Gasteiger partial charge on any atom is -0.394 e. The zero-order chi connectivity index (χ0) is 9.72. The molecule has 8 heteroatoms. The van der Waals surface area contributed by atoms with E-state index < -0.39 is 31.0 Å². The third-order valence-corrected chi connectivity index (χ3v) is 1.42. The predicted octanol–water partition coefficient (Wildman–Crippen LogP) is -3.38. The second-order valence-corrected chi connectivity index (χ2v) is 2.36. The molecule has 0 amide bonds. The fourth-order valence-electron chi connectivity index (χ4n) is 0.618. The summed E-state index contributed by atoms with van der Waals surface area (Å²) in [4.78, 5) is 9.90. The Hall–Kier alpha value is 0.496. The van der Waals surface area contributed by atoms with Crippen molar-refractivity contribution in [3.05, 3.63) is 0 Å². The van der Waals surface area contributed by atoms with Gasteiger partial charge in [0.1, 0.15) is 24.4 Å². The molecule has 0 bridgehead atoms. The quantitative estimate of drug-likeness (QED) is 0.267. The molecule has 0 saturated carbocycles. The van der Waals surface area contributed by atoms with Gasteiger partial charge >= 0.3 is 0 Å². The maximum Gasteiger partial charge on any atom is 0.151 e. The summed E-state index contributed by atoms with van der Waals surface area (Å²) < 4.78 is 0. The molecule has 0 fully saturated rings. The van der Waals surface area contributed by atoms with Crippen LogP contribution in [-0.4, -0.2) is 62.8 Å². The first-order valence-corrected chi connectivity index (χ1v) is 3.33. The molecule has 0 aromatic carbocycles. The molecule has 6 nitrogen and oxygen atoms in total. The molecular weight excluding hydrogens is 282 g/mol. The molecule has 14 heavy (non-hydrogen) atoms. The van der Waals surface area contributed by atoms with Crippen LogP contribution in [0.5, 0.6) is 0 Å². The van der Waals surface area contributed by atoms with Gasteiger partial charge in [0, 0.05) is 33.8 Å². The molecule has 5 N–H and O–H groups in total. The van der Waals surface area contributed by atoms with Gasteiger partial charge in [0.15, 0.2) is 6.29 Å². The van der Waals surface area contributed by atoms with E-state index in [1.807, 2.05) is 0 Å². The van der Waals surface area contributed by atoms with E-state index in [0.717, 1.165) is 0 Å². The Kier molecular flexibility index (Phi) is 14.3. The molecule has 4 unspecified atom stereocenters. The SMILES string of the molecule is O=CC(O)C(O)C(O)C(O)CO.[Co].[Mn]. The van der Waals surface area contributed by atoms with E-state index in [2.05, 4.69) is 0 Å². The molecule has 2 radical (unpaired) electrons. The fourth-order valence-corrected chi connectivity index (χ4v) is 0.618. The minimum atomic E-state index is -1.79. The largest absolute Gasteiger partial charge is 0.394 e. The van der Waals surface area contributed by atoms with Crippen LogP contribution < -0.4 is 0 Å². The second-order valence-electron chi connectivity index (χ2n) is 2.36. The van der Waals surface area contributed by atoms with Gasteiger partial charge in [-0.15, -0.1) is 0 Å². The smallest absolute Gasteiger partial charge is 0.151 e. The summed E-state index contributed by atoms with van der Waals surface area (Å²) in [6.45, 7) is -0.760. The molecule has 0 rings (SSSR count). The van der Waals surface area contributed by atoms with Crippen LogP contribution in [0.2, 0.25) is 0 Å². The summed E-state index contributed by atoms with van der Waals surface area (Å²) in [6.07, 6.45) is -6.84. The van der Waals surface area contributed by atoms with Gasteiger partial charge in [-0.2, -0.15) is 0 Å². The van der Waals surface area contributed by atoms with Crippen LogP contribution in [0.4, 0.5) is 0 Å². The average molecular weight is 294 g/mol.